The van der Waals surface area contributed by atoms with Crippen molar-refractivity contribution in [2.45, 2.75) is 6.04 Å². The van der Waals surface area contributed by atoms with Crippen LogP contribution in [0.25, 0.3) is 0 Å². The molecule has 116 valence electrons. The SMILES string of the molecule is O=C(NCC(c1ccccc1)N1CCOCC1)c1ccsc1. The van der Waals surface area contributed by atoms with Gasteiger partial charge < -0.3 is 10.1 Å². The van der Waals surface area contributed by atoms with Gasteiger partial charge in [-0.2, -0.15) is 11.3 Å². The van der Waals surface area contributed by atoms with Crippen LogP contribution in [0.1, 0.15) is 22.0 Å². The van der Waals surface area contributed by atoms with Gasteiger partial charge >= 0.3 is 0 Å². The molecule has 22 heavy (non-hydrogen) atoms. The summed E-state index contributed by atoms with van der Waals surface area (Å²) in [5.41, 5.74) is 1.97. The number of amides is 1. The number of morpholine rings is 1. The molecule has 5 heteroatoms. The minimum Gasteiger partial charge on any atom is -0.379 e. The van der Waals surface area contributed by atoms with Crippen molar-refractivity contribution in [1.29, 1.82) is 0 Å². The largest absolute Gasteiger partial charge is 0.379 e. The topological polar surface area (TPSA) is 41.6 Å². The summed E-state index contributed by atoms with van der Waals surface area (Å²) in [7, 11) is 0. The number of rotatable bonds is 5. The van der Waals surface area contributed by atoms with Crippen molar-refractivity contribution in [3.63, 3.8) is 0 Å². The van der Waals surface area contributed by atoms with E-state index in [1.165, 1.54) is 16.9 Å². The van der Waals surface area contributed by atoms with Crippen molar-refractivity contribution in [3.05, 3.63) is 58.3 Å². The molecule has 1 amide bonds. The third-order valence-electron chi connectivity index (χ3n) is 3.91. The first-order valence-electron chi connectivity index (χ1n) is 7.52. The zero-order chi connectivity index (χ0) is 15.2. The lowest BCUT2D eigenvalue weighted by molar-refractivity contribution is 0.0162. The van der Waals surface area contributed by atoms with Crippen LogP contribution < -0.4 is 5.32 Å². The fourth-order valence-corrected chi connectivity index (χ4v) is 3.34. The van der Waals surface area contributed by atoms with Gasteiger partial charge in [0.15, 0.2) is 0 Å². The average Bonchev–Trinajstić information content (AvgIpc) is 3.11. The van der Waals surface area contributed by atoms with Crippen molar-refractivity contribution < 1.29 is 9.53 Å². The molecule has 0 aliphatic carbocycles. The van der Waals surface area contributed by atoms with E-state index in [9.17, 15) is 4.79 Å². The normalized spacial score (nSPS) is 17.1. The molecular formula is C17H20N2O2S. The molecule has 0 bridgehead atoms. The molecule has 1 aromatic carbocycles. The average molecular weight is 316 g/mol. The van der Waals surface area contributed by atoms with Crippen LogP contribution in [0.15, 0.2) is 47.2 Å². The van der Waals surface area contributed by atoms with E-state index in [-0.39, 0.29) is 11.9 Å². The van der Waals surface area contributed by atoms with Gasteiger partial charge in [-0.25, -0.2) is 0 Å². The molecule has 0 spiro atoms. The van der Waals surface area contributed by atoms with E-state index in [0.29, 0.717) is 6.54 Å². The Morgan fingerprint density at radius 3 is 2.68 bits per heavy atom. The number of carbonyl (C=O) groups is 1. The van der Waals surface area contributed by atoms with Gasteiger partial charge in [0.2, 0.25) is 0 Å². The fourth-order valence-electron chi connectivity index (χ4n) is 2.71. The Morgan fingerprint density at radius 1 is 1.23 bits per heavy atom. The first-order chi connectivity index (χ1) is 10.8. The monoisotopic (exact) mass is 316 g/mol. The maximum absolute atomic E-state index is 12.2. The quantitative estimate of drug-likeness (QED) is 0.922. The molecule has 0 saturated carbocycles. The molecule has 4 nitrogen and oxygen atoms in total. The van der Waals surface area contributed by atoms with Gasteiger partial charge in [0.05, 0.1) is 19.3 Å². The van der Waals surface area contributed by atoms with Crippen molar-refractivity contribution >= 4 is 17.2 Å². The van der Waals surface area contributed by atoms with Gasteiger partial charge in [-0.3, -0.25) is 9.69 Å². The summed E-state index contributed by atoms with van der Waals surface area (Å²) in [6.45, 7) is 3.91. The predicted octanol–water partition coefficient (Wildman–Crippen LogP) is 2.55. The highest BCUT2D eigenvalue weighted by atomic mass is 32.1. The van der Waals surface area contributed by atoms with Crippen molar-refractivity contribution in [3.8, 4) is 0 Å². The van der Waals surface area contributed by atoms with Gasteiger partial charge in [0.25, 0.3) is 5.91 Å². The lowest BCUT2D eigenvalue weighted by atomic mass is 10.0. The van der Waals surface area contributed by atoms with Crippen LogP contribution in [-0.2, 0) is 4.74 Å². The molecule has 0 radical (unpaired) electrons. The fraction of sp³-hybridized carbons (Fsp3) is 0.353. The molecule has 1 unspecified atom stereocenters. The van der Waals surface area contributed by atoms with E-state index in [2.05, 4.69) is 22.3 Å². The Bertz CT molecular complexity index is 580. The van der Waals surface area contributed by atoms with Gasteiger partial charge in [0, 0.05) is 30.6 Å². The van der Waals surface area contributed by atoms with E-state index in [1.54, 1.807) is 0 Å². The summed E-state index contributed by atoms with van der Waals surface area (Å²) in [6.07, 6.45) is 0. The van der Waals surface area contributed by atoms with Gasteiger partial charge in [-0.15, -0.1) is 0 Å². The highest BCUT2D eigenvalue weighted by Crippen LogP contribution is 2.21. The molecule has 1 aliphatic rings. The first kappa shape index (κ1) is 15.2. The molecule has 2 aromatic rings. The van der Waals surface area contributed by atoms with E-state index >= 15 is 0 Å². The third kappa shape index (κ3) is 3.74. The number of carbonyl (C=O) groups excluding carboxylic acids is 1. The molecule has 1 saturated heterocycles. The van der Waals surface area contributed by atoms with Crippen LogP contribution in [0.3, 0.4) is 0 Å². The Kier molecular flexibility index (Phi) is 5.21. The molecule has 3 rings (SSSR count). The predicted molar refractivity (Wildman–Crippen MR) is 88.2 cm³/mol. The standard InChI is InChI=1S/C17H20N2O2S/c20-17(15-6-11-22-13-15)18-12-16(14-4-2-1-3-5-14)19-7-9-21-10-8-19/h1-6,11,13,16H,7-10,12H2,(H,18,20). The molecule has 1 aromatic heterocycles. The van der Waals surface area contributed by atoms with Crippen LogP contribution in [0.4, 0.5) is 0 Å². The summed E-state index contributed by atoms with van der Waals surface area (Å²) in [6, 6.07) is 12.4. The molecule has 1 atom stereocenters. The van der Waals surface area contributed by atoms with Gasteiger partial charge in [-0.05, 0) is 17.0 Å². The Labute approximate surface area is 134 Å². The number of nitrogens with one attached hydrogen (secondary N) is 1. The number of hydrogen-bond donors (Lipinski definition) is 1. The Hall–Kier alpha value is -1.69. The second-order valence-electron chi connectivity index (χ2n) is 5.30. The maximum atomic E-state index is 12.2. The van der Waals surface area contributed by atoms with Crippen LogP contribution in [-0.4, -0.2) is 43.7 Å². The Balaban J connectivity index is 1.69. The Morgan fingerprint density at radius 2 is 2.00 bits per heavy atom. The zero-order valence-electron chi connectivity index (χ0n) is 12.4. The number of benzene rings is 1. The van der Waals surface area contributed by atoms with E-state index < -0.39 is 0 Å². The second kappa shape index (κ2) is 7.54. The lowest BCUT2D eigenvalue weighted by Crippen LogP contribution is -2.43. The summed E-state index contributed by atoms with van der Waals surface area (Å²) < 4.78 is 5.44. The van der Waals surface area contributed by atoms with Crippen LogP contribution in [0, 0.1) is 0 Å². The van der Waals surface area contributed by atoms with E-state index in [1.807, 2.05) is 35.0 Å². The number of ether oxygens (including phenoxy) is 1. The van der Waals surface area contributed by atoms with Gasteiger partial charge in [0.1, 0.15) is 0 Å². The van der Waals surface area contributed by atoms with Crippen molar-refractivity contribution in [2.75, 3.05) is 32.8 Å². The third-order valence-corrected chi connectivity index (χ3v) is 4.59. The lowest BCUT2D eigenvalue weighted by Gasteiger charge is -2.34. The molecule has 2 heterocycles. The summed E-state index contributed by atoms with van der Waals surface area (Å²) >= 11 is 1.54. The molecule has 1 fully saturated rings. The van der Waals surface area contributed by atoms with E-state index in [4.69, 9.17) is 4.74 Å². The molecular weight excluding hydrogens is 296 g/mol. The summed E-state index contributed by atoms with van der Waals surface area (Å²) in [5, 5.41) is 6.86. The van der Waals surface area contributed by atoms with E-state index in [0.717, 1.165) is 31.9 Å². The van der Waals surface area contributed by atoms with Gasteiger partial charge in [-0.1, -0.05) is 30.3 Å². The number of hydrogen-bond acceptors (Lipinski definition) is 4. The van der Waals surface area contributed by atoms with Crippen LogP contribution in [0.2, 0.25) is 0 Å². The number of thiophene rings is 1. The van der Waals surface area contributed by atoms with Crippen molar-refractivity contribution in [2.24, 2.45) is 0 Å². The maximum Gasteiger partial charge on any atom is 0.252 e. The highest BCUT2D eigenvalue weighted by Gasteiger charge is 2.23. The second-order valence-corrected chi connectivity index (χ2v) is 6.08. The van der Waals surface area contributed by atoms with Crippen LogP contribution in [0.5, 0.6) is 0 Å². The first-order valence-corrected chi connectivity index (χ1v) is 8.46. The van der Waals surface area contributed by atoms with Crippen molar-refractivity contribution in [1.82, 2.24) is 10.2 Å². The van der Waals surface area contributed by atoms with Crippen LogP contribution >= 0.6 is 11.3 Å². The smallest absolute Gasteiger partial charge is 0.252 e. The summed E-state index contributed by atoms with van der Waals surface area (Å²) in [4.78, 5) is 14.6. The highest BCUT2D eigenvalue weighted by molar-refractivity contribution is 7.08. The minimum atomic E-state index is -0.00422. The number of nitrogens with zero attached hydrogens (tertiary/aromatic N) is 1. The zero-order valence-corrected chi connectivity index (χ0v) is 13.2. The molecule has 1 aliphatic heterocycles. The summed E-state index contributed by atoms with van der Waals surface area (Å²) in [5.74, 6) is -0.00422. The molecule has 1 N–H and O–H groups in total. The minimum absolute atomic E-state index is 0.00422.